The lowest BCUT2D eigenvalue weighted by molar-refractivity contribution is 0.0757. The van der Waals surface area contributed by atoms with Crippen molar-refractivity contribution in [3.05, 3.63) is 58.6 Å². The fraction of sp³-hybridized carbons (Fsp3) is 0.316. The lowest BCUT2D eigenvalue weighted by Crippen LogP contribution is -2.26. The number of hydrogen-bond acceptors (Lipinski definition) is 4. The molecule has 146 valence electrons. The Morgan fingerprint density at radius 3 is 2.52 bits per heavy atom. The van der Waals surface area contributed by atoms with Crippen molar-refractivity contribution in [3.8, 4) is 0 Å². The first-order valence-corrected chi connectivity index (χ1v) is 10.8. The lowest BCUT2D eigenvalue weighted by atomic mass is 10.2. The van der Waals surface area contributed by atoms with Gasteiger partial charge in [-0.05, 0) is 62.7 Å². The molecule has 0 fully saturated rings. The van der Waals surface area contributed by atoms with E-state index in [1.807, 2.05) is 13.8 Å². The molecule has 2 N–H and O–H groups in total. The predicted molar refractivity (Wildman–Crippen MR) is 109 cm³/mol. The molecule has 0 saturated carbocycles. The van der Waals surface area contributed by atoms with Gasteiger partial charge >= 0.3 is 0 Å². The van der Waals surface area contributed by atoms with E-state index in [0.717, 1.165) is 4.47 Å². The van der Waals surface area contributed by atoms with E-state index in [9.17, 15) is 13.2 Å². The van der Waals surface area contributed by atoms with Crippen molar-refractivity contribution >= 4 is 37.5 Å². The van der Waals surface area contributed by atoms with E-state index in [1.165, 1.54) is 12.1 Å². The third-order valence-electron chi connectivity index (χ3n) is 3.56. The number of rotatable bonds is 9. The van der Waals surface area contributed by atoms with E-state index >= 15 is 0 Å². The molecule has 2 aromatic rings. The summed E-state index contributed by atoms with van der Waals surface area (Å²) >= 11 is 3.30. The molecule has 2 rings (SSSR count). The Bertz CT molecular complexity index is 868. The number of amides is 1. The topological polar surface area (TPSA) is 84.5 Å². The number of ether oxygens (including phenoxy) is 1. The van der Waals surface area contributed by atoms with Crippen LogP contribution in [0.15, 0.2) is 57.9 Å². The van der Waals surface area contributed by atoms with Crippen LogP contribution in [0.2, 0.25) is 0 Å². The van der Waals surface area contributed by atoms with Crippen LogP contribution in [0.3, 0.4) is 0 Å². The summed E-state index contributed by atoms with van der Waals surface area (Å²) in [5.74, 6) is -0.319. The molecule has 0 aliphatic rings. The van der Waals surface area contributed by atoms with Crippen LogP contribution in [-0.2, 0) is 14.8 Å². The summed E-state index contributed by atoms with van der Waals surface area (Å²) in [4.78, 5) is 12.3. The predicted octanol–water partition coefficient (Wildman–Crippen LogP) is 3.79. The summed E-state index contributed by atoms with van der Waals surface area (Å²) < 4.78 is 33.9. The van der Waals surface area contributed by atoms with E-state index in [1.54, 1.807) is 36.4 Å². The van der Waals surface area contributed by atoms with Crippen molar-refractivity contribution < 1.29 is 17.9 Å². The largest absolute Gasteiger partial charge is 0.379 e. The number of carbonyl (C=O) groups excluding carboxylic acids is 1. The Labute approximate surface area is 168 Å². The van der Waals surface area contributed by atoms with Crippen molar-refractivity contribution in [2.45, 2.75) is 31.3 Å². The van der Waals surface area contributed by atoms with Crippen molar-refractivity contribution in [2.24, 2.45) is 0 Å². The molecule has 0 unspecified atom stereocenters. The number of sulfonamides is 1. The highest BCUT2D eigenvalue weighted by Gasteiger charge is 2.16. The molecule has 0 radical (unpaired) electrons. The van der Waals surface area contributed by atoms with Crippen LogP contribution in [0, 0.1) is 0 Å². The summed E-state index contributed by atoms with van der Waals surface area (Å²) in [6.07, 6.45) is 0.841. The van der Waals surface area contributed by atoms with Gasteiger partial charge in [-0.15, -0.1) is 0 Å². The number of nitrogens with one attached hydrogen (secondary N) is 2. The Kier molecular flexibility index (Phi) is 7.82. The molecule has 0 aliphatic heterocycles. The molecule has 0 aliphatic carbocycles. The quantitative estimate of drug-likeness (QED) is 0.564. The van der Waals surface area contributed by atoms with Gasteiger partial charge in [-0.1, -0.05) is 22.0 Å². The van der Waals surface area contributed by atoms with Crippen LogP contribution < -0.4 is 10.0 Å². The third-order valence-corrected chi connectivity index (χ3v) is 5.47. The summed E-state index contributed by atoms with van der Waals surface area (Å²) in [6, 6.07) is 12.7. The lowest BCUT2D eigenvalue weighted by Gasteiger charge is -2.10. The summed E-state index contributed by atoms with van der Waals surface area (Å²) in [6.45, 7) is 4.92. The van der Waals surface area contributed by atoms with Crippen molar-refractivity contribution in [3.63, 3.8) is 0 Å². The molecule has 8 heteroatoms. The zero-order valence-electron chi connectivity index (χ0n) is 15.2. The van der Waals surface area contributed by atoms with Crippen LogP contribution in [0.5, 0.6) is 0 Å². The second kappa shape index (κ2) is 9.87. The smallest absolute Gasteiger partial charge is 0.261 e. The van der Waals surface area contributed by atoms with Crippen molar-refractivity contribution in [1.82, 2.24) is 5.32 Å². The zero-order chi connectivity index (χ0) is 19.9. The molecule has 2 aromatic carbocycles. The van der Waals surface area contributed by atoms with Gasteiger partial charge in [0.15, 0.2) is 0 Å². The zero-order valence-corrected chi connectivity index (χ0v) is 17.6. The van der Waals surface area contributed by atoms with E-state index < -0.39 is 10.0 Å². The summed E-state index contributed by atoms with van der Waals surface area (Å²) in [5.41, 5.74) is 0.733. The molecule has 27 heavy (non-hydrogen) atoms. The Hall–Kier alpha value is -1.90. The molecule has 1 amide bonds. The summed E-state index contributed by atoms with van der Waals surface area (Å²) in [7, 11) is -3.79. The number of carbonyl (C=O) groups is 1. The first-order chi connectivity index (χ1) is 12.8. The molecule has 6 nitrogen and oxygen atoms in total. The standard InChI is InChI=1S/C19H23BrN2O4S/c1-14(2)26-12-4-11-21-19(23)15-5-3-6-18(13-15)27(24,25)22-17-9-7-16(20)8-10-17/h3,5-10,13-14,22H,4,11-12H2,1-2H3,(H,21,23). The number of halogens is 1. The normalized spacial score (nSPS) is 11.4. The maximum atomic E-state index is 12.6. The molecule has 0 heterocycles. The fourth-order valence-electron chi connectivity index (χ4n) is 2.23. The molecular formula is C19H23BrN2O4S. The average Bonchev–Trinajstić information content (AvgIpc) is 2.63. The molecule has 0 spiro atoms. The van der Waals surface area contributed by atoms with Crippen LogP contribution in [0.25, 0.3) is 0 Å². The number of benzene rings is 2. The van der Waals surface area contributed by atoms with Gasteiger partial charge in [0.25, 0.3) is 15.9 Å². The van der Waals surface area contributed by atoms with Gasteiger partial charge in [-0.25, -0.2) is 8.42 Å². The second-order valence-electron chi connectivity index (χ2n) is 6.17. The highest BCUT2D eigenvalue weighted by atomic mass is 79.9. The minimum Gasteiger partial charge on any atom is -0.379 e. The number of anilines is 1. The first-order valence-electron chi connectivity index (χ1n) is 8.56. The minimum absolute atomic E-state index is 0.0289. The van der Waals surface area contributed by atoms with Gasteiger partial charge < -0.3 is 10.1 Å². The Balaban J connectivity index is 2.00. The van der Waals surface area contributed by atoms with Crippen LogP contribution in [-0.4, -0.2) is 33.6 Å². The molecular weight excluding hydrogens is 432 g/mol. The third kappa shape index (κ3) is 6.97. The number of hydrogen-bond donors (Lipinski definition) is 2. The van der Waals surface area contributed by atoms with Gasteiger partial charge in [-0.2, -0.15) is 0 Å². The maximum absolute atomic E-state index is 12.6. The second-order valence-corrected chi connectivity index (χ2v) is 8.77. The van der Waals surface area contributed by atoms with Gasteiger partial charge in [-0.3, -0.25) is 9.52 Å². The van der Waals surface area contributed by atoms with Crippen molar-refractivity contribution in [1.29, 1.82) is 0 Å². The Morgan fingerprint density at radius 2 is 1.85 bits per heavy atom. The van der Waals surface area contributed by atoms with Crippen LogP contribution in [0.1, 0.15) is 30.6 Å². The van der Waals surface area contributed by atoms with Crippen LogP contribution in [0.4, 0.5) is 5.69 Å². The van der Waals surface area contributed by atoms with Gasteiger partial charge in [0, 0.05) is 28.9 Å². The van der Waals surface area contributed by atoms with Crippen LogP contribution >= 0.6 is 15.9 Å². The highest BCUT2D eigenvalue weighted by Crippen LogP contribution is 2.19. The molecule has 0 bridgehead atoms. The van der Waals surface area contributed by atoms with E-state index in [-0.39, 0.29) is 16.9 Å². The monoisotopic (exact) mass is 454 g/mol. The van der Waals surface area contributed by atoms with E-state index in [2.05, 4.69) is 26.0 Å². The van der Waals surface area contributed by atoms with Gasteiger partial charge in [0.05, 0.1) is 11.0 Å². The fourth-order valence-corrected chi connectivity index (χ4v) is 3.60. The van der Waals surface area contributed by atoms with Crippen molar-refractivity contribution in [2.75, 3.05) is 17.9 Å². The van der Waals surface area contributed by atoms with E-state index in [4.69, 9.17) is 4.74 Å². The molecule has 0 saturated heterocycles. The maximum Gasteiger partial charge on any atom is 0.261 e. The van der Waals surface area contributed by atoms with Gasteiger partial charge in [0.2, 0.25) is 0 Å². The molecule has 0 aromatic heterocycles. The van der Waals surface area contributed by atoms with E-state index in [0.29, 0.717) is 30.8 Å². The van der Waals surface area contributed by atoms with Gasteiger partial charge in [0.1, 0.15) is 0 Å². The molecule has 0 atom stereocenters. The summed E-state index contributed by atoms with van der Waals surface area (Å²) in [5, 5.41) is 2.77. The Morgan fingerprint density at radius 1 is 1.15 bits per heavy atom. The average molecular weight is 455 g/mol. The SMILES string of the molecule is CC(C)OCCCNC(=O)c1cccc(S(=O)(=O)Nc2ccc(Br)cc2)c1. The minimum atomic E-state index is -3.79. The highest BCUT2D eigenvalue weighted by molar-refractivity contribution is 9.10. The first kappa shape index (κ1) is 21.4.